The van der Waals surface area contributed by atoms with Crippen molar-refractivity contribution in [3.8, 4) is 0 Å². The number of aryl methyl sites for hydroxylation is 2. The van der Waals surface area contributed by atoms with E-state index in [9.17, 15) is 4.79 Å². The molecule has 1 aromatic heterocycles. The molecule has 2 rings (SSSR count). The van der Waals surface area contributed by atoms with E-state index in [1.807, 2.05) is 25.6 Å². The number of nitrogens with zero attached hydrogens (tertiary/aromatic N) is 2. The molecule has 1 aromatic rings. The van der Waals surface area contributed by atoms with Crippen LogP contribution in [0.5, 0.6) is 0 Å². The van der Waals surface area contributed by atoms with Crippen LogP contribution in [-0.4, -0.2) is 34.9 Å². The van der Waals surface area contributed by atoms with Crippen molar-refractivity contribution >= 4 is 5.91 Å². The quantitative estimate of drug-likeness (QED) is 0.787. The lowest BCUT2D eigenvalue weighted by molar-refractivity contribution is -0.120. The molecule has 1 saturated carbocycles. The highest BCUT2D eigenvalue weighted by atomic mass is 16.5. The summed E-state index contributed by atoms with van der Waals surface area (Å²) in [6.07, 6.45) is 8.09. The van der Waals surface area contributed by atoms with E-state index < -0.39 is 0 Å². The molecule has 1 fully saturated rings. The van der Waals surface area contributed by atoms with Crippen molar-refractivity contribution in [1.82, 2.24) is 15.1 Å². The van der Waals surface area contributed by atoms with E-state index in [0.717, 1.165) is 30.0 Å². The van der Waals surface area contributed by atoms with Gasteiger partial charge in [0, 0.05) is 31.5 Å². The second-order valence-electron chi connectivity index (χ2n) is 6.28. The zero-order chi connectivity index (χ0) is 15.9. The van der Waals surface area contributed by atoms with Gasteiger partial charge in [-0.1, -0.05) is 19.3 Å². The summed E-state index contributed by atoms with van der Waals surface area (Å²) in [6, 6.07) is 0. The third kappa shape index (κ3) is 4.83. The number of nitrogens with one attached hydrogen (secondary N) is 1. The first-order valence-electron chi connectivity index (χ1n) is 8.45. The average molecular weight is 307 g/mol. The first-order valence-corrected chi connectivity index (χ1v) is 8.45. The molecule has 22 heavy (non-hydrogen) atoms. The molecule has 0 aliphatic heterocycles. The summed E-state index contributed by atoms with van der Waals surface area (Å²) in [6.45, 7) is 5.38. The summed E-state index contributed by atoms with van der Waals surface area (Å²) < 4.78 is 7.69. The van der Waals surface area contributed by atoms with E-state index in [1.165, 1.54) is 32.1 Å². The Balaban J connectivity index is 1.61. The van der Waals surface area contributed by atoms with Crippen molar-refractivity contribution in [2.75, 3.05) is 13.2 Å². The predicted molar refractivity (Wildman–Crippen MR) is 86.8 cm³/mol. The number of hydrogen-bond donors (Lipinski definition) is 1. The third-order valence-electron chi connectivity index (χ3n) is 4.55. The van der Waals surface area contributed by atoms with E-state index in [1.54, 1.807) is 0 Å². The van der Waals surface area contributed by atoms with Crippen LogP contribution < -0.4 is 5.32 Å². The van der Waals surface area contributed by atoms with Crippen LogP contribution in [0.25, 0.3) is 0 Å². The molecule has 0 aromatic carbocycles. The van der Waals surface area contributed by atoms with Crippen LogP contribution in [0.1, 0.15) is 55.5 Å². The number of amides is 1. The van der Waals surface area contributed by atoms with Crippen molar-refractivity contribution in [3.63, 3.8) is 0 Å². The number of ether oxygens (including phenoxy) is 1. The zero-order valence-corrected chi connectivity index (χ0v) is 14.2. The standard InChI is InChI=1S/C17H29N3O2/c1-13-16(14(2)20(3)19-13)12-17(21)18-10-7-11-22-15-8-5-4-6-9-15/h15H,4-12H2,1-3H3,(H,18,21). The smallest absolute Gasteiger partial charge is 0.224 e. The molecule has 0 spiro atoms. The molecule has 5 nitrogen and oxygen atoms in total. The van der Waals surface area contributed by atoms with Gasteiger partial charge in [-0.2, -0.15) is 5.10 Å². The minimum Gasteiger partial charge on any atom is -0.378 e. The normalized spacial score (nSPS) is 16.0. The third-order valence-corrected chi connectivity index (χ3v) is 4.55. The molecule has 1 aliphatic rings. The van der Waals surface area contributed by atoms with Crippen molar-refractivity contribution in [2.24, 2.45) is 7.05 Å². The monoisotopic (exact) mass is 307 g/mol. The summed E-state index contributed by atoms with van der Waals surface area (Å²) >= 11 is 0. The van der Waals surface area contributed by atoms with Crippen LogP contribution in [-0.2, 0) is 23.0 Å². The Hall–Kier alpha value is -1.36. The average Bonchev–Trinajstić information content (AvgIpc) is 2.74. The summed E-state index contributed by atoms with van der Waals surface area (Å²) in [5.74, 6) is 0.0665. The highest BCUT2D eigenvalue weighted by Gasteiger charge is 2.14. The van der Waals surface area contributed by atoms with Crippen molar-refractivity contribution < 1.29 is 9.53 Å². The molecule has 0 bridgehead atoms. The summed E-state index contributed by atoms with van der Waals surface area (Å²) in [4.78, 5) is 12.0. The van der Waals surface area contributed by atoms with E-state index in [-0.39, 0.29) is 5.91 Å². The van der Waals surface area contributed by atoms with E-state index in [4.69, 9.17) is 4.74 Å². The Morgan fingerprint density at radius 2 is 2.05 bits per heavy atom. The molecule has 0 radical (unpaired) electrons. The lowest BCUT2D eigenvalue weighted by Crippen LogP contribution is -2.28. The number of aromatic nitrogens is 2. The first kappa shape index (κ1) is 17.0. The van der Waals surface area contributed by atoms with E-state index >= 15 is 0 Å². The highest BCUT2D eigenvalue weighted by molar-refractivity contribution is 5.79. The van der Waals surface area contributed by atoms with Gasteiger partial charge in [0.15, 0.2) is 0 Å². The van der Waals surface area contributed by atoms with E-state index in [2.05, 4.69) is 10.4 Å². The maximum absolute atomic E-state index is 12.0. The van der Waals surface area contributed by atoms with Gasteiger partial charge < -0.3 is 10.1 Å². The van der Waals surface area contributed by atoms with Crippen LogP contribution in [0.4, 0.5) is 0 Å². The Labute approximate surface area is 133 Å². The molecule has 1 aliphatic carbocycles. The van der Waals surface area contributed by atoms with Crippen LogP contribution in [0.3, 0.4) is 0 Å². The van der Waals surface area contributed by atoms with Crippen molar-refractivity contribution in [3.05, 3.63) is 17.0 Å². The van der Waals surface area contributed by atoms with Crippen LogP contribution in [0.15, 0.2) is 0 Å². The molecular weight excluding hydrogens is 278 g/mol. The second kappa shape index (κ2) is 8.32. The van der Waals surface area contributed by atoms with Gasteiger partial charge in [0.2, 0.25) is 5.91 Å². The maximum Gasteiger partial charge on any atom is 0.224 e. The fourth-order valence-electron chi connectivity index (χ4n) is 3.08. The molecule has 1 amide bonds. The maximum atomic E-state index is 12.0. The number of rotatable bonds is 7. The Morgan fingerprint density at radius 1 is 1.32 bits per heavy atom. The topological polar surface area (TPSA) is 56.2 Å². The van der Waals surface area contributed by atoms with Gasteiger partial charge in [-0.15, -0.1) is 0 Å². The van der Waals surface area contributed by atoms with Gasteiger partial charge in [0.1, 0.15) is 0 Å². The highest BCUT2D eigenvalue weighted by Crippen LogP contribution is 2.20. The zero-order valence-electron chi connectivity index (χ0n) is 14.2. The Kier molecular flexibility index (Phi) is 6.43. The second-order valence-corrected chi connectivity index (χ2v) is 6.28. The lowest BCUT2D eigenvalue weighted by atomic mass is 9.98. The molecule has 0 unspecified atom stereocenters. The number of carbonyl (C=O) groups excluding carboxylic acids is 1. The van der Waals surface area contributed by atoms with Gasteiger partial charge in [-0.05, 0) is 33.1 Å². The van der Waals surface area contributed by atoms with Crippen molar-refractivity contribution in [1.29, 1.82) is 0 Å². The molecule has 124 valence electrons. The van der Waals surface area contributed by atoms with E-state index in [0.29, 0.717) is 19.1 Å². The van der Waals surface area contributed by atoms with Gasteiger partial charge in [-0.25, -0.2) is 0 Å². The van der Waals surface area contributed by atoms with Crippen molar-refractivity contribution in [2.45, 2.75) is 64.9 Å². The fourth-order valence-corrected chi connectivity index (χ4v) is 3.08. The van der Waals surface area contributed by atoms with Crippen LogP contribution in [0.2, 0.25) is 0 Å². The molecular formula is C17H29N3O2. The lowest BCUT2D eigenvalue weighted by Gasteiger charge is -2.21. The molecule has 0 atom stereocenters. The molecule has 0 saturated heterocycles. The van der Waals surface area contributed by atoms with Crippen LogP contribution >= 0.6 is 0 Å². The summed E-state index contributed by atoms with van der Waals surface area (Å²) in [5, 5.41) is 7.32. The van der Waals surface area contributed by atoms with Gasteiger partial charge in [-0.3, -0.25) is 9.48 Å². The summed E-state index contributed by atoms with van der Waals surface area (Å²) in [7, 11) is 1.91. The Morgan fingerprint density at radius 3 is 2.68 bits per heavy atom. The molecule has 1 heterocycles. The minimum atomic E-state index is 0.0665. The molecule has 5 heteroatoms. The van der Waals surface area contributed by atoms with Gasteiger partial charge in [0.05, 0.1) is 18.2 Å². The minimum absolute atomic E-state index is 0.0665. The van der Waals surface area contributed by atoms with Gasteiger partial charge in [0.25, 0.3) is 0 Å². The Bertz CT molecular complexity index is 490. The van der Waals surface area contributed by atoms with Crippen LogP contribution in [0, 0.1) is 13.8 Å². The largest absolute Gasteiger partial charge is 0.378 e. The SMILES string of the molecule is Cc1nn(C)c(C)c1CC(=O)NCCCOC1CCCCC1. The summed E-state index contributed by atoms with van der Waals surface area (Å²) in [5.41, 5.74) is 3.04. The molecule has 1 N–H and O–H groups in total. The number of carbonyl (C=O) groups is 1. The van der Waals surface area contributed by atoms with Gasteiger partial charge >= 0.3 is 0 Å². The number of hydrogen-bond acceptors (Lipinski definition) is 3. The predicted octanol–water partition coefficient (Wildman–Crippen LogP) is 2.44. The fraction of sp³-hybridized carbons (Fsp3) is 0.765. The first-order chi connectivity index (χ1) is 10.6.